The van der Waals surface area contributed by atoms with Crippen LogP contribution in [0, 0.1) is 0 Å². The number of carbonyl (C=O) groups is 1. The minimum Gasteiger partial charge on any atom is -0.458 e. The molecule has 0 aliphatic heterocycles. The SMILES string of the molecule is C/C=C(/C)C(=O)OC/C=C/CCCCCCC. The van der Waals surface area contributed by atoms with Crippen molar-refractivity contribution < 1.29 is 9.53 Å². The number of hydrogen-bond donors (Lipinski definition) is 0. The van der Waals surface area contributed by atoms with Gasteiger partial charge in [-0.3, -0.25) is 0 Å². The summed E-state index contributed by atoms with van der Waals surface area (Å²) in [5.41, 5.74) is 0.665. The lowest BCUT2D eigenvalue weighted by atomic mass is 10.1. The van der Waals surface area contributed by atoms with Crippen LogP contribution in [-0.4, -0.2) is 12.6 Å². The lowest BCUT2D eigenvalue weighted by Crippen LogP contribution is -2.05. The largest absolute Gasteiger partial charge is 0.458 e. The molecule has 98 valence electrons. The van der Waals surface area contributed by atoms with Gasteiger partial charge in [0.05, 0.1) is 0 Å². The number of hydrogen-bond acceptors (Lipinski definition) is 2. The number of ether oxygens (including phenoxy) is 1. The van der Waals surface area contributed by atoms with E-state index in [-0.39, 0.29) is 5.97 Å². The van der Waals surface area contributed by atoms with Crippen molar-refractivity contribution in [1.29, 1.82) is 0 Å². The zero-order chi connectivity index (χ0) is 12.9. The van der Waals surface area contributed by atoms with Crippen LogP contribution in [0.25, 0.3) is 0 Å². The quantitative estimate of drug-likeness (QED) is 0.257. The van der Waals surface area contributed by atoms with E-state index in [2.05, 4.69) is 13.0 Å². The molecule has 0 bridgehead atoms. The summed E-state index contributed by atoms with van der Waals surface area (Å²) in [5, 5.41) is 0. The highest BCUT2D eigenvalue weighted by Crippen LogP contribution is 2.05. The highest BCUT2D eigenvalue weighted by Gasteiger charge is 2.01. The van der Waals surface area contributed by atoms with Crippen LogP contribution in [0.2, 0.25) is 0 Å². The van der Waals surface area contributed by atoms with Gasteiger partial charge in [0, 0.05) is 5.57 Å². The molecule has 0 saturated carbocycles. The molecule has 0 aliphatic carbocycles. The molecule has 2 nitrogen and oxygen atoms in total. The van der Waals surface area contributed by atoms with Gasteiger partial charge < -0.3 is 4.74 Å². The van der Waals surface area contributed by atoms with Crippen molar-refractivity contribution in [3.05, 3.63) is 23.8 Å². The van der Waals surface area contributed by atoms with E-state index in [1.54, 1.807) is 13.0 Å². The van der Waals surface area contributed by atoms with Gasteiger partial charge in [0.1, 0.15) is 6.61 Å². The Morgan fingerprint density at radius 1 is 1.12 bits per heavy atom. The zero-order valence-electron chi connectivity index (χ0n) is 11.5. The Hall–Kier alpha value is -1.05. The summed E-state index contributed by atoms with van der Waals surface area (Å²) in [6.45, 7) is 6.21. The van der Waals surface area contributed by atoms with E-state index >= 15 is 0 Å². The molecule has 2 heteroatoms. The second-order valence-electron chi connectivity index (χ2n) is 4.24. The lowest BCUT2D eigenvalue weighted by molar-refractivity contribution is -0.137. The van der Waals surface area contributed by atoms with Crippen LogP contribution < -0.4 is 0 Å². The lowest BCUT2D eigenvalue weighted by Gasteiger charge is -2.00. The molecular formula is C15H26O2. The van der Waals surface area contributed by atoms with Crippen LogP contribution in [0.1, 0.15) is 59.3 Å². The molecule has 0 radical (unpaired) electrons. The van der Waals surface area contributed by atoms with E-state index in [0.29, 0.717) is 12.2 Å². The van der Waals surface area contributed by atoms with Crippen molar-refractivity contribution in [3.8, 4) is 0 Å². The Morgan fingerprint density at radius 3 is 2.47 bits per heavy atom. The molecule has 0 amide bonds. The van der Waals surface area contributed by atoms with Crippen molar-refractivity contribution >= 4 is 5.97 Å². The molecular weight excluding hydrogens is 212 g/mol. The Bertz CT molecular complexity index is 252. The number of esters is 1. The molecule has 0 aromatic heterocycles. The van der Waals surface area contributed by atoms with Crippen LogP contribution >= 0.6 is 0 Å². The van der Waals surface area contributed by atoms with Gasteiger partial charge >= 0.3 is 5.97 Å². The summed E-state index contributed by atoms with van der Waals surface area (Å²) in [5.74, 6) is -0.222. The summed E-state index contributed by atoms with van der Waals surface area (Å²) in [6, 6.07) is 0. The van der Waals surface area contributed by atoms with Gasteiger partial charge in [-0.25, -0.2) is 4.79 Å². The van der Waals surface area contributed by atoms with Crippen LogP contribution in [0.15, 0.2) is 23.8 Å². The highest BCUT2D eigenvalue weighted by atomic mass is 16.5. The molecule has 0 rings (SSSR count). The summed E-state index contributed by atoms with van der Waals surface area (Å²) in [6.07, 6.45) is 13.4. The number of carbonyl (C=O) groups excluding carboxylic acids is 1. The molecule has 0 aliphatic rings. The third-order valence-corrected chi connectivity index (χ3v) is 2.71. The summed E-state index contributed by atoms with van der Waals surface area (Å²) in [7, 11) is 0. The van der Waals surface area contributed by atoms with E-state index < -0.39 is 0 Å². The second kappa shape index (κ2) is 11.4. The smallest absolute Gasteiger partial charge is 0.333 e. The Balaban J connectivity index is 3.40. The fraction of sp³-hybridized carbons (Fsp3) is 0.667. The van der Waals surface area contributed by atoms with Crippen LogP contribution in [0.5, 0.6) is 0 Å². The number of rotatable bonds is 9. The maximum absolute atomic E-state index is 11.3. The molecule has 0 saturated heterocycles. The van der Waals surface area contributed by atoms with E-state index in [0.717, 1.165) is 6.42 Å². The Labute approximate surface area is 106 Å². The maximum atomic E-state index is 11.3. The Kier molecular flexibility index (Phi) is 10.7. The van der Waals surface area contributed by atoms with Crippen molar-refractivity contribution in [1.82, 2.24) is 0 Å². The van der Waals surface area contributed by atoms with Gasteiger partial charge in [0.2, 0.25) is 0 Å². The van der Waals surface area contributed by atoms with Crippen molar-refractivity contribution in [2.75, 3.05) is 6.61 Å². The van der Waals surface area contributed by atoms with Crippen molar-refractivity contribution in [2.45, 2.75) is 59.3 Å². The van der Waals surface area contributed by atoms with Gasteiger partial charge in [0.25, 0.3) is 0 Å². The first-order valence-electron chi connectivity index (χ1n) is 6.67. The van der Waals surface area contributed by atoms with E-state index in [1.165, 1.54) is 32.1 Å². The van der Waals surface area contributed by atoms with Gasteiger partial charge in [-0.1, -0.05) is 50.8 Å². The normalized spacial score (nSPS) is 12.1. The summed E-state index contributed by atoms with van der Waals surface area (Å²) in [4.78, 5) is 11.3. The topological polar surface area (TPSA) is 26.3 Å². The summed E-state index contributed by atoms with van der Waals surface area (Å²) < 4.78 is 5.05. The first-order valence-corrected chi connectivity index (χ1v) is 6.67. The second-order valence-corrected chi connectivity index (χ2v) is 4.24. The standard InChI is InChI=1S/C15H26O2/c1-4-6-7-8-9-10-11-12-13-17-15(16)14(3)5-2/h5,11-12H,4,6-10,13H2,1-3H3/b12-11+,14-5-. The minimum absolute atomic E-state index is 0.222. The average Bonchev–Trinajstić information content (AvgIpc) is 2.35. The molecule has 0 aromatic carbocycles. The number of unbranched alkanes of at least 4 members (excludes halogenated alkanes) is 5. The third kappa shape index (κ3) is 9.86. The van der Waals surface area contributed by atoms with Crippen molar-refractivity contribution in [3.63, 3.8) is 0 Å². The molecule has 0 fully saturated rings. The molecule has 0 aromatic rings. The fourth-order valence-corrected chi connectivity index (χ4v) is 1.41. The fourth-order valence-electron chi connectivity index (χ4n) is 1.41. The Morgan fingerprint density at radius 2 is 1.82 bits per heavy atom. The predicted molar refractivity (Wildman–Crippen MR) is 72.9 cm³/mol. The number of allylic oxidation sites excluding steroid dienone is 2. The monoisotopic (exact) mass is 238 g/mol. The van der Waals surface area contributed by atoms with Crippen molar-refractivity contribution in [2.24, 2.45) is 0 Å². The van der Waals surface area contributed by atoms with Gasteiger partial charge in [-0.05, 0) is 26.7 Å². The maximum Gasteiger partial charge on any atom is 0.333 e. The zero-order valence-corrected chi connectivity index (χ0v) is 11.5. The average molecular weight is 238 g/mol. The molecule has 0 spiro atoms. The molecule has 0 atom stereocenters. The molecule has 0 unspecified atom stereocenters. The first kappa shape index (κ1) is 16.0. The van der Waals surface area contributed by atoms with E-state index in [4.69, 9.17) is 4.74 Å². The van der Waals surface area contributed by atoms with E-state index in [1.807, 2.05) is 13.0 Å². The van der Waals surface area contributed by atoms with Crippen LogP contribution in [0.3, 0.4) is 0 Å². The van der Waals surface area contributed by atoms with Gasteiger partial charge in [0.15, 0.2) is 0 Å². The van der Waals surface area contributed by atoms with Gasteiger partial charge in [-0.15, -0.1) is 0 Å². The molecule has 0 heterocycles. The molecule has 17 heavy (non-hydrogen) atoms. The minimum atomic E-state index is -0.222. The van der Waals surface area contributed by atoms with Crippen LogP contribution in [0.4, 0.5) is 0 Å². The van der Waals surface area contributed by atoms with Gasteiger partial charge in [-0.2, -0.15) is 0 Å². The van der Waals surface area contributed by atoms with E-state index in [9.17, 15) is 4.79 Å². The van der Waals surface area contributed by atoms with Crippen LogP contribution in [-0.2, 0) is 9.53 Å². The predicted octanol–water partition coefficient (Wildman–Crippen LogP) is 4.41. The molecule has 0 N–H and O–H groups in total. The summed E-state index contributed by atoms with van der Waals surface area (Å²) >= 11 is 0. The first-order chi connectivity index (χ1) is 8.22. The third-order valence-electron chi connectivity index (χ3n) is 2.71. The highest BCUT2D eigenvalue weighted by molar-refractivity contribution is 5.87.